The van der Waals surface area contributed by atoms with Gasteiger partial charge in [0.25, 0.3) is 0 Å². The van der Waals surface area contributed by atoms with Gasteiger partial charge in [-0.1, -0.05) is 11.6 Å². The first kappa shape index (κ1) is 10.7. The summed E-state index contributed by atoms with van der Waals surface area (Å²) in [4.78, 5) is 0. The summed E-state index contributed by atoms with van der Waals surface area (Å²) in [7, 11) is 0. The Labute approximate surface area is 104 Å². The molecule has 0 radical (unpaired) electrons. The van der Waals surface area contributed by atoms with Gasteiger partial charge < -0.3 is 19.8 Å². The smallest absolute Gasteiger partial charge is 0.231 e. The highest BCUT2D eigenvalue weighted by Crippen LogP contribution is 2.44. The van der Waals surface area contributed by atoms with E-state index in [2.05, 4.69) is 10.6 Å². The van der Waals surface area contributed by atoms with Crippen LogP contribution in [0.5, 0.6) is 11.5 Å². The van der Waals surface area contributed by atoms with Gasteiger partial charge in [-0.25, -0.2) is 0 Å². The number of rotatable bonds is 2. The van der Waals surface area contributed by atoms with E-state index in [4.69, 9.17) is 26.8 Å². The lowest BCUT2D eigenvalue weighted by atomic mass is 10.2. The number of fused-ring (bicyclic) bond motifs is 3. The van der Waals surface area contributed by atoms with Gasteiger partial charge in [-0.15, -0.1) is 0 Å². The van der Waals surface area contributed by atoms with E-state index in [0.717, 1.165) is 28.9 Å². The highest BCUT2D eigenvalue weighted by molar-refractivity contribution is 6.35. The maximum atomic E-state index is 6.30. The molecule has 3 rings (SSSR count). The molecule has 0 aliphatic carbocycles. The fourth-order valence-electron chi connectivity index (χ4n) is 2.31. The van der Waals surface area contributed by atoms with Crippen LogP contribution >= 0.6 is 11.6 Å². The summed E-state index contributed by atoms with van der Waals surface area (Å²) in [6, 6.07) is 3.86. The number of benzene rings is 1. The Kier molecular flexibility index (Phi) is 2.42. The molecular weight excluding hydrogens is 240 g/mol. The minimum atomic E-state index is 0.256. The molecule has 4 nitrogen and oxygen atoms in total. The number of nitrogens with zero attached hydrogens (tertiary/aromatic N) is 1. The molecule has 0 atom stereocenters. The molecule has 0 bridgehead atoms. The van der Waals surface area contributed by atoms with Crippen molar-refractivity contribution in [2.24, 2.45) is 5.73 Å². The van der Waals surface area contributed by atoms with E-state index in [1.807, 2.05) is 6.92 Å². The number of ether oxygens (including phenoxy) is 2. The van der Waals surface area contributed by atoms with Gasteiger partial charge >= 0.3 is 0 Å². The second-order valence-electron chi connectivity index (χ2n) is 4.08. The Morgan fingerprint density at radius 3 is 3.00 bits per heavy atom. The maximum absolute atomic E-state index is 6.30. The molecule has 1 aliphatic heterocycles. The van der Waals surface area contributed by atoms with Crippen LogP contribution in [0.1, 0.15) is 5.69 Å². The van der Waals surface area contributed by atoms with Gasteiger partial charge in [-0.2, -0.15) is 0 Å². The van der Waals surface area contributed by atoms with E-state index < -0.39 is 0 Å². The van der Waals surface area contributed by atoms with Crippen LogP contribution in [0.4, 0.5) is 0 Å². The van der Waals surface area contributed by atoms with Crippen molar-refractivity contribution in [3.05, 3.63) is 22.8 Å². The lowest BCUT2D eigenvalue weighted by Gasteiger charge is -2.08. The zero-order valence-electron chi connectivity index (χ0n) is 9.50. The van der Waals surface area contributed by atoms with E-state index in [1.165, 1.54) is 0 Å². The highest BCUT2D eigenvalue weighted by Gasteiger charge is 2.22. The fraction of sp³-hybridized carbons (Fsp3) is 0.333. The molecule has 1 aromatic carbocycles. The SMILES string of the molecule is Cc1cc2c3c(cc(Cl)c2n1CCN)OCO3. The Bertz CT molecular complexity index is 592. The van der Waals surface area contributed by atoms with Crippen LogP contribution in [0.25, 0.3) is 10.9 Å². The average Bonchev–Trinajstić information content (AvgIpc) is 2.85. The van der Waals surface area contributed by atoms with E-state index in [9.17, 15) is 0 Å². The van der Waals surface area contributed by atoms with Crippen molar-refractivity contribution in [1.29, 1.82) is 0 Å². The van der Waals surface area contributed by atoms with Crippen LogP contribution < -0.4 is 15.2 Å². The standard InChI is InChI=1S/C12H13ClN2O2/c1-7-4-8-11(15(7)3-2-14)9(13)5-10-12(8)17-6-16-10/h4-5H,2-3,6,14H2,1H3. The number of aromatic nitrogens is 1. The summed E-state index contributed by atoms with van der Waals surface area (Å²) in [5.41, 5.74) is 7.72. The summed E-state index contributed by atoms with van der Waals surface area (Å²) in [6.45, 7) is 3.62. The molecule has 0 saturated carbocycles. The predicted molar refractivity (Wildman–Crippen MR) is 66.9 cm³/mol. The van der Waals surface area contributed by atoms with Gasteiger partial charge in [0.05, 0.1) is 10.5 Å². The number of aryl methyl sites for hydroxylation is 1. The Hall–Kier alpha value is -1.39. The summed E-state index contributed by atoms with van der Waals surface area (Å²) < 4.78 is 13.0. The molecule has 0 spiro atoms. The summed E-state index contributed by atoms with van der Waals surface area (Å²) in [5, 5.41) is 1.67. The molecule has 17 heavy (non-hydrogen) atoms. The van der Waals surface area contributed by atoms with Gasteiger partial charge in [0, 0.05) is 30.2 Å². The average molecular weight is 253 g/mol. The van der Waals surface area contributed by atoms with Crippen molar-refractivity contribution in [1.82, 2.24) is 4.57 Å². The Balaban J connectivity index is 2.34. The van der Waals surface area contributed by atoms with Gasteiger partial charge in [0.2, 0.25) is 6.79 Å². The molecule has 2 N–H and O–H groups in total. The lowest BCUT2D eigenvalue weighted by molar-refractivity contribution is 0.175. The Morgan fingerprint density at radius 2 is 2.24 bits per heavy atom. The van der Waals surface area contributed by atoms with Crippen molar-refractivity contribution in [2.45, 2.75) is 13.5 Å². The van der Waals surface area contributed by atoms with Crippen molar-refractivity contribution >= 4 is 22.5 Å². The second kappa shape index (κ2) is 3.82. The van der Waals surface area contributed by atoms with Crippen LogP contribution in [0.2, 0.25) is 5.02 Å². The third-order valence-corrected chi connectivity index (χ3v) is 3.31. The minimum absolute atomic E-state index is 0.256. The molecule has 0 amide bonds. The molecule has 1 aromatic heterocycles. The molecule has 0 unspecified atom stereocenters. The highest BCUT2D eigenvalue weighted by atomic mass is 35.5. The number of hydrogen-bond donors (Lipinski definition) is 1. The largest absolute Gasteiger partial charge is 0.454 e. The zero-order valence-corrected chi connectivity index (χ0v) is 10.3. The van der Waals surface area contributed by atoms with Gasteiger partial charge in [0.1, 0.15) is 0 Å². The molecule has 5 heteroatoms. The van der Waals surface area contributed by atoms with E-state index in [0.29, 0.717) is 17.3 Å². The van der Waals surface area contributed by atoms with E-state index in [-0.39, 0.29) is 6.79 Å². The summed E-state index contributed by atoms with van der Waals surface area (Å²) >= 11 is 6.30. The normalized spacial score (nSPS) is 13.6. The van der Waals surface area contributed by atoms with Crippen molar-refractivity contribution in [2.75, 3.05) is 13.3 Å². The van der Waals surface area contributed by atoms with Crippen LogP contribution in [-0.2, 0) is 6.54 Å². The first-order valence-electron chi connectivity index (χ1n) is 5.50. The summed E-state index contributed by atoms with van der Waals surface area (Å²) in [6.07, 6.45) is 0. The molecule has 2 aromatic rings. The fourth-order valence-corrected chi connectivity index (χ4v) is 2.62. The first-order chi connectivity index (χ1) is 8.22. The quantitative estimate of drug-likeness (QED) is 0.892. The molecule has 2 heterocycles. The Morgan fingerprint density at radius 1 is 1.41 bits per heavy atom. The topological polar surface area (TPSA) is 49.4 Å². The van der Waals surface area contributed by atoms with Crippen molar-refractivity contribution in [3.8, 4) is 11.5 Å². The van der Waals surface area contributed by atoms with Gasteiger partial charge in [-0.05, 0) is 13.0 Å². The molecular formula is C12H13ClN2O2. The number of nitrogens with two attached hydrogens (primary N) is 1. The first-order valence-corrected chi connectivity index (χ1v) is 5.88. The lowest BCUT2D eigenvalue weighted by Crippen LogP contribution is -2.10. The second-order valence-corrected chi connectivity index (χ2v) is 4.49. The third kappa shape index (κ3) is 1.48. The van der Waals surface area contributed by atoms with Crippen LogP contribution in [0, 0.1) is 6.92 Å². The number of halogens is 1. The van der Waals surface area contributed by atoms with Crippen LogP contribution in [-0.4, -0.2) is 17.9 Å². The predicted octanol–water partition coefficient (Wildman–Crippen LogP) is 2.29. The summed E-state index contributed by atoms with van der Waals surface area (Å²) in [5.74, 6) is 1.50. The maximum Gasteiger partial charge on any atom is 0.231 e. The molecule has 0 saturated heterocycles. The monoisotopic (exact) mass is 252 g/mol. The van der Waals surface area contributed by atoms with Crippen molar-refractivity contribution < 1.29 is 9.47 Å². The van der Waals surface area contributed by atoms with Gasteiger partial charge in [0.15, 0.2) is 11.5 Å². The molecule has 90 valence electrons. The molecule has 1 aliphatic rings. The van der Waals surface area contributed by atoms with E-state index in [1.54, 1.807) is 6.07 Å². The zero-order chi connectivity index (χ0) is 12.0. The van der Waals surface area contributed by atoms with Crippen LogP contribution in [0.3, 0.4) is 0 Å². The van der Waals surface area contributed by atoms with Crippen LogP contribution in [0.15, 0.2) is 12.1 Å². The number of hydrogen-bond acceptors (Lipinski definition) is 3. The van der Waals surface area contributed by atoms with Gasteiger partial charge in [-0.3, -0.25) is 0 Å². The minimum Gasteiger partial charge on any atom is -0.454 e. The third-order valence-electron chi connectivity index (χ3n) is 3.03. The van der Waals surface area contributed by atoms with Crippen molar-refractivity contribution in [3.63, 3.8) is 0 Å². The van der Waals surface area contributed by atoms with E-state index >= 15 is 0 Å². The molecule has 0 fully saturated rings.